The third kappa shape index (κ3) is 7.90. The molecule has 2 aliphatic rings. The number of likely N-dealkylation sites (N-methyl/N-ethyl adjacent to an activating group) is 1. The van der Waals surface area contributed by atoms with E-state index in [4.69, 9.17) is 9.47 Å². The van der Waals surface area contributed by atoms with Gasteiger partial charge in [-0.25, -0.2) is 4.79 Å². The van der Waals surface area contributed by atoms with Gasteiger partial charge in [-0.2, -0.15) is 18.4 Å². The van der Waals surface area contributed by atoms with E-state index < -0.39 is 42.2 Å². The summed E-state index contributed by atoms with van der Waals surface area (Å²) in [5.41, 5.74) is 0.0669. The molecule has 3 aromatic rings. The molecule has 3 aromatic carbocycles. The lowest BCUT2D eigenvalue weighted by molar-refractivity contribution is -0.148. The average Bonchev–Trinajstić information content (AvgIpc) is 3.37. The molecule has 5 rings (SSSR count). The third-order valence-electron chi connectivity index (χ3n) is 7.76. The molecular weight excluding hydrogens is 615 g/mol. The SMILES string of the molecule is CN(CCCOc1ccccc1)CCOC(=O)CN1CC2=C(C1=O)[C@@H](c1ccc(C#N)cc1)NC(=O)N2c1cccc(C(F)(F)F)c1. The number of esters is 1. The van der Waals surface area contributed by atoms with Crippen molar-refractivity contribution in [1.29, 1.82) is 5.26 Å². The molecule has 0 fully saturated rings. The molecule has 244 valence electrons. The van der Waals surface area contributed by atoms with Gasteiger partial charge in [0, 0.05) is 13.1 Å². The Morgan fingerprint density at radius 2 is 1.77 bits per heavy atom. The zero-order valence-corrected chi connectivity index (χ0v) is 25.5. The number of para-hydroxylation sites is 1. The summed E-state index contributed by atoms with van der Waals surface area (Å²) >= 11 is 0. The molecule has 13 heteroatoms. The summed E-state index contributed by atoms with van der Waals surface area (Å²) in [6.07, 6.45) is -3.90. The molecule has 2 heterocycles. The maximum atomic E-state index is 13.8. The number of alkyl halides is 3. The first-order valence-electron chi connectivity index (χ1n) is 14.9. The summed E-state index contributed by atoms with van der Waals surface area (Å²) < 4.78 is 51.7. The van der Waals surface area contributed by atoms with Gasteiger partial charge in [0.1, 0.15) is 18.9 Å². The minimum Gasteiger partial charge on any atom is -0.494 e. The average molecular weight is 648 g/mol. The van der Waals surface area contributed by atoms with Gasteiger partial charge >= 0.3 is 18.2 Å². The molecule has 0 radical (unpaired) electrons. The molecule has 0 aliphatic carbocycles. The van der Waals surface area contributed by atoms with Gasteiger partial charge in [-0.15, -0.1) is 0 Å². The van der Waals surface area contributed by atoms with Crippen LogP contribution in [0.2, 0.25) is 0 Å². The van der Waals surface area contributed by atoms with Crippen LogP contribution in [-0.2, 0) is 20.5 Å². The van der Waals surface area contributed by atoms with Gasteiger partial charge in [0.25, 0.3) is 5.91 Å². The number of nitriles is 1. The largest absolute Gasteiger partial charge is 0.494 e. The summed E-state index contributed by atoms with van der Waals surface area (Å²) in [7, 11) is 1.88. The van der Waals surface area contributed by atoms with Crippen molar-refractivity contribution in [3.05, 3.63) is 107 Å². The summed E-state index contributed by atoms with van der Waals surface area (Å²) in [6, 6.07) is 20.2. The number of anilines is 1. The van der Waals surface area contributed by atoms with Gasteiger partial charge in [-0.3, -0.25) is 14.5 Å². The van der Waals surface area contributed by atoms with E-state index in [0.29, 0.717) is 30.8 Å². The minimum absolute atomic E-state index is 0.0777. The number of hydrogen-bond donors (Lipinski definition) is 1. The molecule has 0 bridgehead atoms. The molecule has 0 aromatic heterocycles. The minimum atomic E-state index is -4.66. The van der Waals surface area contributed by atoms with Crippen LogP contribution in [0.3, 0.4) is 0 Å². The molecule has 0 saturated heterocycles. The fourth-order valence-electron chi connectivity index (χ4n) is 5.39. The summed E-state index contributed by atoms with van der Waals surface area (Å²) in [6.45, 7) is 1.12. The van der Waals surface area contributed by atoms with Gasteiger partial charge in [0.05, 0.1) is 53.3 Å². The summed E-state index contributed by atoms with van der Waals surface area (Å²) in [5, 5.41) is 11.9. The predicted octanol–water partition coefficient (Wildman–Crippen LogP) is 4.89. The van der Waals surface area contributed by atoms with Crippen molar-refractivity contribution in [2.45, 2.75) is 18.6 Å². The number of nitrogens with one attached hydrogen (secondary N) is 1. The Hall–Kier alpha value is -5.35. The van der Waals surface area contributed by atoms with Crippen molar-refractivity contribution >= 4 is 23.6 Å². The third-order valence-corrected chi connectivity index (χ3v) is 7.76. The van der Waals surface area contributed by atoms with E-state index in [9.17, 15) is 32.8 Å². The number of urea groups is 1. The van der Waals surface area contributed by atoms with E-state index >= 15 is 0 Å². The van der Waals surface area contributed by atoms with Crippen LogP contribution in [0.5, 0.6) is 5.75 Å². The standard InChI is InChI=1S/C34H32F3N5O5/c1-40(15-6-17-46-27-9-3-2-4-10-27)16-18-47-29(43)22-41-21-28-30(32(41)44)31(24-13-11-23(20-38)12-14-24)39-33(45)42(28)26-8-5-7-25(19-26)34(35,36)37/h2-5,7-14,19,31H,6,15-18,21-22H2,1H3,(H,39,45)/t31-/m1/s1. The first-order chi connectivity index (χ1) is 22.5. The van der Waals surface area contributed by atoms with Gasteiger partial charge < -0.3 is 24.6 Å². The number of ether oxygens (including phenoxy) is 2. The Balaban J connectivity index is 1.25. The van der Waals surface area contributed by atoms with Crippen LogP contribution in [0, 0.1) is 11.3 Å². The zero-order valence-electron chi connectivity index (χ0n) is 25.5. The Labute approximate surface area is 269 Å². The maximum absolute atomic E-state index is 13.8. The number of amides is 3. The van der Waals surface area contributed by atoms with Gasteiger partial charge in [-0.1, -0.05) is 36.4 Å². The predicted molar refractivity (Wildman–Crippen MR) is 165 cm³/mol. The van der Waals surface area contributed by atoms with Crippen LogP contribution in [-0.4, -0.2) is 74.1 Å². The smallest absolute Gasteiger partial charge is 0.416 e. The highest BCUT2D eigenvalue weighted by atomic mass is 19.4. The van der Waals surface area contributed by atoms with Crippen molar-refractivity contribution in [3.63, 3.8) is 0 Å². The fourth-order valence-corrected chi connectivity index (χ4v) is 5.39. The molecule has 10 nitrogen and oxygen atoms in total. The maximum Gasteiger partial charge on any atom is 0.416 e. The molecule has 0 spiro atoms. The van der Waals surface area contributed by atoms with E-state index in [1.165, 1.54) is 29.2 Å². The number of carbonyl (C=O) groups is 3. The van der Waals surface area contributed by atoms with E-state index in [-0.39, 0.29) is 30.1 Å². The van der Waals surface area contributed by atoms with E-state index in [1.807, 2.05) is 48.3 Å². The topological polar surface area (TPSA) is 115 Å². The fraction of sp³-hybridized carbons (Fsp3) is 0.294. The lowest BCUT2D eigenvalue weighted by atomic mass is 9.94. The second-order valence-electron chi connectivity index (χ2n) is 11.1. The monoisotopic (exact) mass is 647 g/mol. The van der Waals surface area contributed by atoms with E-state index in [0.717, 1.165) is 29.2 Å². The highest BCUT2D eigenvalue weighted by molar-refractivity contribution is 6.08. The lowest BCUT2D eigenvalue weighted by Gasteiger charge is -2.33. The highest BCUT2D eigenvalue weighted by Crippen LogP contribution is 2.40. The number of nitrogens with zero attached hydrogens (tertiary/aromatic N) is 4. The zero-order chi connectivity index (χ0) is 33.6. The Morgan fingerprint density at radius 1 is 1.02 bits per heavy atom. The normalized spacial score (nSPS) is 16.2. The molecule has 2 aliphatic heterocycles. The van der Waals surface area contributed by atoms with Gasteiger partial charge in [0.15, 0.2) is 0 Å². The van der Waals surface area contributed by atoms with Crippen LogP contribution in [0.15, 0.2) is 90.1 Å². The molecule has 3 amide bonds. The molecule has 47 heavy (non-hydrogen) atoms. The number of carbonyl (C=O) groups excluding carboxylic acids is 3. The van der Waals surface area contributed by atoms with Crippen molar-refractivity contribution in [1.82, 2.24) is 15.1 Å². The summed E-state index contributed by atoms with van der Waals surface area (Å²) in [4.78, 5) is 44.2. The number of hydrogen-bond acceptors (Lipinski definition) is 7. The molecule has 1 N–H and O–H groups in total. The van der Waals surface area contributed by atoms with E-state index in [2.05, 4.69) is 5.32 Å². The molecule has 0 unspecified atom stereocenters. The van der Waals surface area contributed by atoms with Crippen molar-refractivity contribution < 1.29 is 37.0 Å². The van der Waals surface area contributed by atoms with Gasteiger partial charge in [-0.05, 0) is 61.5 Å². The molecular formula is C34H32F3N5O5. The van der Waals surface area contributed by atoms with Crippen molar-refractivity contribution in [3.8, 4) is 11.8 Å². The quantitative estimate of drug-likeness (QED) is 0.220. The number of benzene rings is 3. The Bertz CT molecular complexity index is 1690. The van der Waals surface area contributed by atoms with E-state index in [1.54, 1.807) is 12.1 Å². The van der Waals surface area contributed by atoms with Gasteiger partial charge in [0.2, 0.25) is 0 Å². The first kappa shape index (κ1) is 33.0. The van der Waals surface area contributed by atoms with Crippen LogP contribution in [0.4, 0.5) is 23.7 Å². The second kappa shape index (κ2) is 14.4. The Kier molecular flexibility index (Phi) is 10.1. The number of halogens is 3. The van der Waals surface area contributed by atoms with Crippen LogP contribution >= 0.6 is 0 Å². The van der Waals surface area contributed by atoms with Crippen LogP contribution in [0.1, 0.15) is 29.2 Å². The van der Waals surface area contributed by atoms with Crippen LogP contribution < -0.4 is 15.0 Å². The Morgan fingerprint density at radius 3 is 2.47 bits per heavy atom. The molecule has 1 atom stereocenters. The first-order valence-corrected chi connectivity index (χ1v) is 14.9. The lowest BCUT2D eigenvalue weighted by Crippen LogP contribution is -2.47. The second-order valence-corrected chi connectivity index (χ2v) is 11.1. The van der Waals surface area contributed by atoms with Crippen LogP contribution in [0.25, 0.3) is 0 Å². The summed E-state index contributed by atoms with van der Waals surface area (Å²) in [5.74, 6) is -0.448. The highest BCUT2D eigenvalue weighted by Gasteiger charge is 2.45. The number of rotatable bonds is 12. The molecule has 0 saturated carbocycles. The van der Waals surface area contributed by atoms with Crippen molar-refractivity contribution in [2.75, 3.05) is 51.3 Å². The van der Waals surface area contributed by atoms with Crippen molar-refractivity contribution in [2.24, 2.45) is 0 Å².